The van der Waals surface area contributed by atoms with Gasteiger partial charge in [-0.3, -0.25) is 4.79 Å². The van der Waals surface area contributed by atoms with E-state index >= 15 is 0 Å². The van der Waals surface area contributed by atoms with Gasteiger partial charge in [-0.1, -0.05) is 0 Å². The van der Waals surface area contributed by atoms with Crippen LogP contribution < -0.4 is 0 Å². The Hall–Kier alpha value is -1.53. The smallest absolute Gasteiger partial charge is 0.454 e. The van der Waals surface area contributed by atoms with Crippen LogP contribution in [-0.2, 0) is 9.59 Å². The first kappa shape index (κ1) is 10.5. The van der Waals surface area contributed by atoms with Crippen LogP contribution in [0.5, 0.6) is 0 Å². The molecule has 0 fully saturated rings. The number of rotatable bonds is 2. The van der Waals surface area contributed by atoms with Crippen molar-refractivity contribution in [2.75, 3.05) is 0 Å². The Morgan fingerprint density at radius 1 is 1.17 bits per heavy atom. The summed E-state index contributed by atoms with van der Waals surface area (Å²) in [5.41, 5.74) is 0. The summed E-state index contributed by atoms with van der Waals surface area (Å²) in [6.07, 6.45) is -5.56. The Balaban J connectivity index is 4.57. The first-order valence-corrected chi connectivity index (χ1v) is 2.50. The summed E-state index contributed by atoms with van der Waals surface area (Å²) in [6, 6.07) is 0. The van der Waals surface area contributed by atoms with Gasteiger partial charge in [0.05, 0.1) is 0 Å². The van der Waals surface area contributed by atoms with Crippen molar-refractivity contribution in [3.8, 4) is 0 Å². The van der Waals surface area contributed by atoms with Crippen LogP contribution in [0.2, 0.25) is 0 Å². The molecule has 0 spiro atoms. The molecule has 4 nitrogen and oxygen atoms in total. The Morgan fingerprint density at radius 3 is 1.83 bits per heavy atom. The van der Waals surface area contributed by atoms with Gasteiger partial charge in [-0.05, 0) is 0 Å². The van der Waals surface area contributed by atoms with Crippen molar-refractivity contribution in [2.24, 2.45) is 0 Å². The molecule has 0 amide bonds. The minimum Gasteiger partial charge on any atom is -0.502 e. The molecule has 0 saturated heterocycles. The zero-order valence-corrected chi connectivity index (χ0v) is 5.42. The monoisotopic (exact) mass is 184 g/mol. The van der Waals surface area contributed by atoms with E-state index in [1.165, 1.54) is 0 Å². The summed E-state index contributed by atoms with van der Waals surface area (Å²) >= 11 is 0. The molecule has 0 aliphatic rings. The molecule has 0 aliphatic heterocycles. The SMILES string of the molecule is O=C(O)/C(O)=C/C(=O)C(F)(F)F. The predicted octanol–water partition coefficient (Wildman–Crippen LogP) is 0.644. The van der Waals surface area contributed by atoms with Gasteiger partial charge in [-0.15, -0.1) is 0 Å². The topological polar surface area (TPSA) is 74.6 Å². The Labute approximate surface area is 63.9 Å². The Bertz CT molecular complexity index is 240. The van der Waals surface area contributed by atoms with Crippen molar-refractivity contribution in [3.63, 3.8) is 0 Å². The summed E-state index contributed by atoms with van der Waals surface area (Å²) < 4.78 is 34.1. The second kappa shape index (κ2) is 3.24. The number of carbonyl (C=O) groups excluding carboxylic acids is 1. The van der Waals surface area contributed by atoms with Crippen LogP contribution in [0.3, 0.4) is 0 Å². The van der Waals surface area contributed by atoms with E-state index in [2.05, 4.69) is 0 Å². The molecular formula is C5H3F3O4. The van der Waals surface area contributed by atoms with Crippen molar-refractivity contribution in [3.05, 3.63) is 11.8 Å². The minimum atomic E-state index is -5.16. The van der Waals surface area contributed by atoms with Gasteiger partial charge in [0.15, 0.2) is 0 Å². The van der Waals surface area contributed by atoms with Crippen LogP contribution in [-0.4, -0.2) is 28.1 Å². The summed E-state index contributed by atoms with van der Waals surface area (Å²) in [5.74, 6) is -6.05. The van der Waals surface area contributed by atoms with Crippen LogP contribution in [0.4, 0.5) is 13.2 Å². The average Bonchev–Trinajstić information content (AvgIpc) is 1.85. The molecule has 0 heterocycles. The highest BCUT2D eigenvalue weighted by atomic mass is 19.4. The van der Waals surface area contributed by atoms with E-state index in [1.807, 2.05) is 0 Å². The zero-order chi connectivity index (χ0) is 9.94. The second-order valence-electron chi connectivity index (χ2n) is 1.70. The summed E-state index contributed by atoms with van der Waals surface area (Å²) in [7, 11) is 0. The van der Waals surface area contributed by atoms with Crippen molar-refractivity contribution in [1.29, 1.82) is 0 Å². The molecule has 68 valence electrons. The maximum absolute atomic E-state index is 11.4. The summed E-state index contributed by atoms with van der Waals surface area (Å²) in [6.45, 7) is 0. The number of hydrogen-bond donors (Lipinski definition) is 2. The molecule has 0 atom stereocenters. The first-order chi connectivity index (χ1) is 5.25. The second-order valence-corrected chi connectivity index (χ2v) is 1.70. The molecule has 0 aliphatic carbocycles. The third kappa shape index (κ3) is 3.04. The Morgan fingerprint density at radius 2 is 1.58 bits per heavy atom. The van der Waals surface area contributed by atoms with E-state index in [1.54, 1.807) is 0 Å². The standard InChI is InChI=1S/C5H3F3O4/c6-5(7,8)3(10)1-2(9)4(11)12/h1,9H,(H,11,12)/b2-1-. The van der Waals surface area contributed by atoms with Crippen LogP contribution in [0.15, 0.2) is 11.8 Å². The number of ketones is 1. The van der Waals surface area contributed by atoms with E-state index in [4.69, 9.17) is 10.2 Å². The van der Waals surface area contributed by atoms with Gasteiger partial charge in [0.1, 0.15) is 0 Å². The van der Waals surface area contributed by atoms with Crippen molar-refractivity contribution >= 4 is 11.8 Å². The molecule has 0 rings (SSSR count). The molecule has 0 aromatic heterocycles. The van der Waals surface area contributed by atoms with E-state index in [-0.39, 0.29) is 0 Å². The van der Waals surface area contributed by atoms with Gasteiger partial charge in [-0.2, -0.15) is 13.2 Å². The van der Waals surface area contributed by atoms with Crippen molar-refractivity contribution < 1.29 is 33.0 Å². The number of aliphatic hydroxyl groups is 1. The molecule has 12 heavy (non-hydrogen) atoms. The van der Waals surface area contributed by atoms with E-state index in [0.29, 0.717) is 0 Å². The van der Waals surface area contributed by atoms with Gasteiger partial charge in [-0.25, -0.2) is 4.79 Å². The maximum atomic E-state index is 11.4. The van der Waals surface area contributed by atoms with Crippen LogP contribution >= 0.6 is 0 Å². The molecule has 0 radical (unpaired) electrons. The van der Waals surface area contributed by atoms with Crippen molar-refractivity contribution in [2.45, 2.75) is 6.18 Å². The molecule has 7 heteroatoms. The molecule has 0 saturated carbocycles. The average molecular weight is 184 g/mol. The van der Waals surface area contributed by atoms with Gasteiger partial charge < -0.3 is 10.2 Å². The number of halogens is 3. The summed E-state index contributed by atoms with van der Waals surface area (Å²) in [4.78, 5) is 19.7. The fourth-order valence-corrected chi connectivity index (χ4v) is 0.268. The molecule has 0 bridgehead atoms. The number of carboxylic acid groups (broad SMARTS) is 1. The van der Waals surface area contributed by atoms with Crippen LogP contribution in [0, 0.1) is 0 Å². The third-order valence-electron chi connectivity index (χ3n) is 0.766. The number of aliphatic carboxylic acids is 1. The third-order valence-corrected chi connectivity index (χ3v) is 0.766. The largest absolute Gasteiger partial charge is 0.502 e. The van der Waals surface area contributed by atoms with Crippen molar-refractivity contribution in [1.82, 2.24) is 0 Å². The van der Waals surface area contributed by atoms with Gasteiger partial charge in [0.25, 0.3) is 5.78 Å². The fourth-order valence-electron chi connectivity index (χ4n) is 0.268. The van der Waals surface area contributed by atoms with Gasteiger partial charge >= 0.3 is 12.1 Å². The molecule has 2 N–H and O–H groups in total. The maximum Gasteiger partial charge on any atom is 0.454 e. The highest BCUT2D eigenvalue weighted by Crippen LogP contribution is 2.16. The van der Waals surface area contributed by atoms with Crippen LogP contribution in [0.1, 0.15) is 0 Å². The lowest BCUT2D eigenvalue weighted by atomic mass is 10.3. The van der Waals surface area contributed by atoms with Gasteiger partial charge in [0.2, 0.25) is 5.76 Å². The fraction of sp³-hybridized carbons (Fsp3) is 0.200. The highest BCUT2D eigenvalue weighted by Gasteiger charge is 2.37. The molecular weight excluding hydrogens is 181 g/mol. The Kier molecular flexibility index (Phi) is 2.83. The quantitative estimate of drug-likeness (QED) is 0.487. The van der Waals surface area contributed by atoms with E-state index < -0.39 is 29.8 Å². The summed E-state index contributed by atoms with van der Waals surface area (Å²) in [5, 5.41) is 16.1. The first-order valence-electron chi connectivity index (χ1n) is 2.50. The number of alkyl halides is 3. The lowest BCUT2D eigenvalue weighted by Crippen LogP contribution is -2.21. The lowest BCUT2D eigenvalue weighted by Gasteiger charge is -1.99. The zero-order valence-electron chi connectivity index (χ0n) is 5.42. The number of allylic oxidation sites excluding steroid dienone is 1. The molecule has 0 aromatic rings. The number of carbonyl (C=O) groups is 2. The minimum absolute atomic E-state index is 0.400. The van der Waals surface area contributed by atoms with Crippen LogP contribution in [0.25, 0.3) is 0 Å². The normalized spacial score (nSPS) is 12.8. The number of carboxylic acids is 1. The highest BCUT2D eigenvalue weighted by molar-refractivity contribution is 6.00. The number of aliphatic hydroxyl groups excluding tert-OH is 1. The molecule has 0 aromatic carbocycles. The lowest BCUT2D eigenvalue weighted by molar-refractivity contribution is -0.165. The van der Waals surface area contributed by atoms with E-state index in [0.717, 1.165) is 0 Å². The predicted molar refractivity (Wildman–Crippen MR) is 29.4 cm³/mol. The van der Waals surface area contributed by atoms with Gasteiger partial charge in [0, 0.05) is 6.08 Å². The van der Waals surface area contributed by atoms with E-state index in [9.17, 15) is 22.8 Å². The molecule has 0 unspecified atom stereocenters. The number of hydrogen-bond acceptors (Lipinski definition) is 3.